The van der Waals surface area contributed by atoms with E-state index in [-0.39, 0.29) is 6.10 Å². The van der Waals surface area contributed by atoms with E-state index < -0.39 is 0 Å². The molecular formula is C18H17ClN2O. The van der Waals surface area contributed by atoms with Crippen LogP contribution in [0.2, 0.25) is 5.02 Å². The lowest BCUT2D eigenvalue weighted by molar-refractivity contribution is 0.171. The summed E-state index contributed by atoms with van der Waals surface area (Å²) in [4.78, 5) is 2.33. The number of para-hydroxylation sites is 1. The average molecular weight is 313 g/mol. The molecule has 0 radical (unpaired) electrons. The van der Waals surface area contributed by atoms with Crippen molar-refractivity contribution < 1.29 is 4.74 Å². The maximum Gasteiger partial charge on any atom is 0.138 e. The topological polar surface area (TPSA) is 36.3 Å². The Hall–Kier alpha value is -2.18. The molecule has 0 bridgehead atoms. The van der Waals surface area contributed by atoms with Crippen LogP contribution in [0.5, 0.6) is 5.75 Å². The second-order valence-electron chi connectivity index (χ2n) is 5.39. The van der Waals surface area contributed by atoms with Crippen LogP contribution < -0.4 is 9.64 Å². The number of ether oxygens (including phenoxy) is 1. The highest BCUT2D eigenvalue weighted by atomic mass is 35.5. The Bertz CT molecular complexity index is 670. The van der Waals surface area contributed by atoms with Gasteiger partial charge in [0.15, 0.2) is 0 Å². The van der Waals surface area contributed by atoms with E-state index in [4.69, 9.17) is 21.6 Å². The molecule has 0 spiro atoms. The number of hydrogen-bond donors (Lipinski definition) is 0. The smallest absolute Gasteiger partial charge is 0.138 e. The summed E-state index contributed by atoms with van der Waals surface area (Å²) in [6, 6.07) is 17.5. The minimum atomic E-state index is 0.203. The first-order chi connectivity index (χ1) is 10.8. The molecule has 112 valence electrons. The molecule has 0 aromatic heterocycles. The van der Waals surface area contributed by atoms with Crippen molar-refractivity contribution in [2.75, 3.05) is 18.0 Å². The largest absolute Gasteiger partial charge is 0.489 e. The summed E-state index contributed by atoms with van der Waals surface area (Å²) in [5, 5.41) is 9.51. The van der Waals surface area contributed by atoms with Gasteiger partial charge in [-0.1, -0.05) is 23.7 Å². The van der Waals surface area contributed by atoms with Gasteiger partial charge in [-0.15, -0.1) is 0 Å². The van der Waals surface area contributed by atoms with Gasteiger partial charge in [-0.2, -0.15) is 5.26 Å². The Balaban J connectivity index is 1.58. The Kier molecular flexibility index (Phi) is 4.50. The first-order valence-corrected chi connectivity index (χ1v) is 7.80. The van der Waals surface area contributed by atoms with E-state index in [0.29, 0.717) is 10.6 Å². The fourth-order valence-electron chi connectivity index (χ4n) is 2.70. The van der Waals surface area contributed by atoms with Crippen molar-refractivity contribution in [1.82, 2.24) is 0 Å². The molecular weight excluding hydrogens is 296 g/mol. The second kappa shape index (κ2) is 6.72. The zero-order valence-corrected chi connectivity index (χ0v) is 13.0. The molecule has 1 aliphatic heterocycles. The molecule has 0 saturated carbocycles. The highest BCUT2D eigenvalue weighted by Gasteiger charge is 2.21. The molecule has 1 heterocycles. The number of nitrogens with zero attached hydrogens (tertiary/aromatic N) is 2. The Labute approximate surface area is 135 Å². The lowest BCUT2D eigenvalue weighted by Crippen LogP contribution is -2.38. The van der Waals surface area contributed by atoms with Crippen LogP contribution in [-0.4, -0.2) is 19.2 Å². The van der Waals surface area contributed by atoms with Crippen molar-refractivity contribution in [3.8, 4) is 11.8 Å². The monoisotopic (exact) mass is 312 g/mol. The Morgan fingerprint density at radius 2 is 1.73 bits per heavy atom. The number of piperidine rings is 1. The molecule has 3 rings (SSSR count). The molecule has 3 nitrogen and oxygen atoms in total. The summed E-state index contributed by atoms with van der Waals surface area (Å²) in [5.74, 6) is 0.765. The summed E-state index contributed by atoms with van der Waals surface area (Å²) < 4.78 is 6.01. The zero-order valence-electron chi connectivity index (χ0n) is 12.2. The SMILES string of the molecule is N#Cc1ccc(N2CCC(Oc3ccccc3Cl)CC2)cc1. The van der Waals surface area contributed by atoms with Gasteiger partial charge in [0.25, 0.3) is 0 Å². The van der Waals surface area contributed by atoms with Crippen molar-refractivity contribution >= 4 is 17.3 Å². The summed E-state index contributed by atoms with van der Waals surface area (Å²) in [6.07, 6.45) is 2.13. The number of anilines is 1. The molecule has 0 atom stereocenters. The third-order valence-electron chi connectivity index (χ3n) is 3.93. The van der Waals surface area contributed by atoms with Crippen LogP contribution in [0, 0.1) is 11.3 Å². The van der Waals surface area contributed by atoms with Crippen molar-refractivity contribution in [3.63, 3.8) is 0 Å². The lowest BCUT2D eigenvalue weighted by Gasteiger charge is -2.33. The van der Waals surface area contributed by atoms with Gasteiger partial charge < -0.3 is 9.64 Å². The number of rotatable bonds is 3. The Morgan fingerprint density at radius 3 is 2.36 bits per heavy atom. The summed E-state index contributed by atoms with van der Waals surface area (Å²) in [6.45, 7) is 1.89. The predicted octanol–water partition coefficient (Wildman–Crippen LogP) is 4.26. The van der Waals surface area contributed by atoms with Crippen molar-refractivity contribution in [3.05, 3.63) is 59.1 Å². The number of nitriles is 1. The maximum absolute atomic E-state index is 8.85. The van der Waals surface area contributed by atoms with E-state index in [1.54, 1.807) is 0 Å². The minimum Gasteiger partial charge on any atom is -0.489 e. The van der Waals surface area contributed by atoms with Crippen LogP contribution in [0.25, 0.3) is 0 Å². The standard InChI is InChI=1S/C18H17ClN2O/c19-17-3-1-2-4-18(17)22-16-9-11-21(12-10-16)15-7-5-14(13-20)6-8-15/h1-8,16H,9-12H2. The first kappa shape index (κ1) is 14.7. The highest BCUT2D eigenvalue weighted by molar-refractivity contribution is 6.32. The molecule has 0 N–H and O–H groups in total. The minimum absolute atomic E-state index is 0.203. The van der Waals surface area contributed by atoms with E-state index in [0.717, 1.165) is 37.4 Å². The van der Waals surface area contributed by atoms with Gasteiger partial charge in [0.2, 0.25) is 0 Å². The Morgan fingerprint density at radius 1 is 1.05 bits per heavy atom. The van der Waals surface area contributed by atoms with Crippen LogP contribution in [0.4, 0.5) is 5.69 Å². The van der Waals surface area contributed by atoms with Gasteiger partial charge in [0.05, 0.1) is 16.7 Å². The normalized spacial score (nSPS) is 15.4. The fourth-order valence-corrected chi connectivity index (χ4v) is 2.88. The molecule has 2 aromatic carbocycles. The fraction of sp³-hybridized carbons (Fsp3) is 0.278. The zero-order chi connectivity index (χ0) is 15.4. The molecule has 22 heavy (non-hydrogen) atoms. The molecule has 0 aliphatic carbocycles. The number of hydrogen-bond acceptors (Lipinski definition) is 3. The highest BCUT2D eigenvalue weighted by Crippen LogP contribution is 2.28. The van der Waals surface area contributed by atoms with Crippen molar-refractivity contribution in [1.29, 1.82) is 5.26 Å². The van der Waals surface area contributed by atoms with Crippen LogP contribution >= 0.6 is 11.6 Å². The van der Waals surface area contributed by atoms with Gasteiger partial charge in [0.1, 0.15) is 11.9 Å². The van der Waals surface area contributed by atoms with E-state index >= 15 is 0 Å². The lowest BCUT2D eigenvalue weighted by atomic mass is 10.1. The van der Waals surface area contributed by atoms with Crippen molar-refractivity contribution in [2.45, 2.75) is 18.9 Å². The van der Waals surface area contributed by atoms with Crippen LogP contribution in [0.3, 0.4) is 0 Å². The average Bonchev–Trinajstić information content (AvgIpc) is 2.58. The predicted molar refractivity (Wildman–Crippen MR) is 88.5 cm³/mol. The molecule has 0 unspecified atom stereocenters. The van der Waals surface area contributed by atoms with Gasteiger partial charge in [-0.3, -0.25) is 0 Å². The molecule has 1 aliphatic rings. The number of halogens is 1. The van der Waals surface area contributed by atoms with Gasteiger partial charge in [0, 0.05) is 31.6 Å². The quantitative estimate of drug-likeness (QED) is 0.849. The molecule has 1 saturated heterocycles. The summed E-state index contributed by atoms with van der Waals surface area (Å²) in [7, 11) is 0. The summed E-state index contributed by atoms with van der Waals surface area (Å²) in [5.41, 5.74) is 1.86. The first-order valence-electron chi connectivity index (χ1n) is 7.42. The summed E-state index contributed by atoms with van der Waals surface area (Å²) >= 11 is 6.13. The molecule has 2 aromatic rings. The van der Waals surface area contributed by atoms with Crippen molar-refractivity contribution in [2.24, 2.45) is 0 Å². The van der Waals surface area contributed by atoms with Crippen LogP contribution in [-0.2, 0) is 0 Å². The van der Waals surface area contributed by atoms with E-state index in [1.807, 2.05) is 48.5 Å². The number of benzene rings is 2. The molecule has 0 amide bonds. The van der Waals surface area contributed by atoms with E-state index in [2.05, 4.69) is 11.0 Å². The molecule has 4 heteroatoms. The maximum atomic E-state index is 8.85. The third kappa shape index (κ3) is 3.35. The van der Waals surface area contributed by atoms with E-state index in [9.17, 15) is 0 Å². The van der Waals surface area contributed by atoms with Gasteiger partial charge in [-0.25, -0.2) is 0 Å². The van der Waals surface area contributed by atoms with Crippen LogP contribution in [0.15, 0.2) is 48.5 Å². The van der Waals surface area contributed by atoms with E-state index in [1.165, 1.54) is 0 Å². The third-order valence-corrected chi connectivity index (χ3v) is 4.25. The van der Waals surface area contributed by atoms with Gasteiger partial charge in [-0.05, 0) is 36.4 Å². The second-order valence-corrected chi connectivity index (χ2v) is 5.80. The molecule has 1 fully saturated rings. The van der Waals surface area contributed by atoms with Gasteiger partial charge >= 0.3 is 0 Å². The van der Waals surface area contributed by atoms with Crippen LogP contribution in [0.1, 0.15) is 18.4 Å².